The van der Waals surface area contributed by atoms with E-state index in [0.29, 0.717) is 11.1 Å². The maximum atomic E-state index is 12.1. The number of rotatable bonds is 4. The van der Waals surface area contributed by atoms with E-state index in [2.05, 4.69) is 20.2 Å². The van der Waals surface area contributed by atoms with Crippen LogP contribution in [0.5, 0.6) is 0 Å². The molecule has 0 unspecified atom stereocenters. The minimum absolute atomic E-state index is 0.0302. The number of anilines is 1. The molecule has 1 aromatic carbocycles. The number of nitrogens with zero attached hydrogens (tertiary/aromatic N) is 2. The van der Waals surface area contributed by atoms with Gasteiger partial charge in [-0.1, -0.05) is 46.9 Å². The van der Waals surface area contributed by atoms with Gasteiger partial charge in [0.1, 0.15) is 5.02 Å². The molecule has 25 heavy (non-hydrogen) atoms. The molecule has 0 saturated carbocycles. The molecule has 2 aromatic rings. The van der Waals surface area contributed by atoms with Crippen LogP contribution in [0.3, 0.4) is 0 Å². The number of pyridine rings is 1. The average Bonchev–Trinajstić information content (AvgIpc) is 2.62. The summed E-state index contributed by atoms with van der Waals surface area (Å²) in [6, 6.07) is 6.38. The number of hydrogen-bond acceptors (Lipinski definition) is 6. The fraction of sp³-hybridized carbons (Fsp3) is 0.0667. The lowest BCUT2D eigenvalue weighted by Crippen LogP contribution is -2.20. The van der Waals surface area contributed by atoms with Crippen LogP contribution in [0.1, 0.15) is 26.4 Å². The van der Waals surface area contributed by atoms with Crippen LogP contribution in [-0.2, 0) is 4.74 Å². The number of amides is 1. The molecule has 3 N–H and O–H groups in total. The highest BCUT2D eigenvalue weighted by Gasteiger charge is 2.19. The predicted molar refractivity (Wildman–Crippen MR) is 96.5 cm³/mol. The SMILES string of the molecule is COC(=O)c1ccc(C=NNC(=O)c2nc(Cl)c(Cl)c(N)c2Cl)cc1. The van der Waals surface area contributed by atoms with Crippen LogP contribution < -0.4 is 11.2 Å². The Bertz CT molecular complexity index is 854. The number of methoxy groups -OCH3 is 1. The first-order valence-corrected chi connectivity index (χ1v) is 7.80. The Morgan fingerprint density at radius 1 is 1.20 bits per heavy atom. The molecule has 0 saturated heterocycles. The maximum absolute atomic E-state index is 12.1. The van der Waals surface area contributed by atoms with Crippen molar-refractivity contribution in [1.82, 2.24) is 10.4 Å². The third-order valence-corrected chi connectivity index (χ3v) is 4.13. The average molecular weight is 402 g/mol. The van der Waals surface area contributed by atoms with Crippen molar-refractivity contribution < 1.29 is 14.3 Å². The number of carbonyl (C=O) groups excluding carboxylic acids is 2. The number of benzene rings is 1. The molecule has 1 aromatic heterocycles. The van der Waals surface area contributed by atoms with E-state index in [1.165, 1.54) is 13.3 Å². The number of aromatic nitrogens is 1. The van der Waals surface area contributed by atoms with E-state index in [9.17, 15) is 9.59 Å². The number of ether oxygens (including phenoxy) is 1. The Morgan fingerprint density at radius 2 is 1.84 bits per heavy atom. The molecule has 0 aliphatic carbocycles. The van der Waals surface area contributed by atoms with Crippen LogP contribution >= 0.6 is 34.8 Å². The zero-order valence-electron chi connectivity index (χ0n) is 12.7. The summed E-state index contributed by atoms with van der Waals surface area (Å²) in [4.78, 5) is 27.2. The van der Waals surface area contributed by atoms with Crippen molar-refractivity contribution in [3.8, 4) is 0 Å². The zero-order chi connectivity index (χ0) is 18.6. The van der Waals surface area contributed by atoms with Crippen molar-refractivity contribution in [1.29, 1.82) is 0 Å². The first-order chi connectivity index (χ1) is 11.8. The topological polar surface area (TPSA) is 107 Å². The Hall–Kier alpha value is -2.35. The first-order valence-electron chi connectivity index (χ1n) is 6.67. The van der Waals surface area contributed by atoms with Gasteiger partial charge in [-0.2, -0.15) is 5.10 Å². The highest BCUT2D eigenvalue weighted by molar-refractivity contribution is 6.46. The fourth-order valence-corrected chi connectivity index (χ4v) is 2.32. The lowest BCUT2D eigenvalue weighted by atomic mass is 10.1. The van der Waals surface area contributed by atoms with Gasteiger partial charge in [-0.05, 0) is 17.7 Å². The Morgan fingerprint density at radius 3 is 2.44 bits per heavy atom. The van der Waals surface area contributed by atoms with Gasteiger partial charge >= 0.3 is 5.97 Å². The summed E-state index contributed by atoms with van der Waals surface area (Å²) in [7, 11) is 1.29. The van der Waals surface area contributed by atoms with E-state index in [4.69, 9.17) is 40.5 Å². The van der Waals surface area contributed by atoms with Crippen LogP contribution in [0.25, 0.3) is 0 Å². The highest BCUT2D eigenvalue weighted by atomic mass is 35.5. The van der Waals surface area contributed by atoms with E-state index in [1.54, 1.807) is 24.3 Å². The molecule has 1 heterocycles. The molecular weight excluding hydrogens is 391 g/mol. The molecule has 130 valence electrons. The fourth-order valence-electron chi connectivity index (χ4n) is 1.72. The summed E-state index contributed by atoms with van der Waals surface area (Å²) < 4.78 is 4.60. The van der Waals surface area contributed by atoms with Gasteiger partial charge in [0.05, 0.1) is 29.6 Å². The second kappa shape index (κ2) is 8.15. The summed E-state index contributed by atoms with van der Waals surface area (Å²) >= 11 is 17.5. The van der Waals surface area contributed by atoms with Crippen LogP contribution in [0.15, 0.2) is 29.4 Å². The number of hydrogen-bond donors (Lipinski definition) is 2. The molecule has 0 aliphatic heterocycles. The highest BCUT2D eigenvalue weighted by Crippen LogP contribution is 2.34. The van der Waals surface area contributed by atoms with Crippen LogP contribution in [0, 0.1) is 0 Å². The predicted octanol–water partition coefficient (Wildman–Crippen LogP) is 3.17. The molecule has 10 heteroatoms. The lowest BCUT2D eigenvalue weighted by Gasteiger charge is -2.07. The summed E-state index contributed by atoms with van der Waals surface area (Å²) in [6.45, 7) is 0. The van der Waals surface area contributed by atoms with Crippen molar-refractivity contribution in [3.63, 3.8) is 0 Å². The first kappa shape index (κ1) is 19.0. The molecule has 1 amide bonds. The normalized spacial score (nSPS) is 10.7. The molecule has 0 spiro atoms. The quantitative estimate of drug-likeness (QED) is 0.354. The van der Waals surface area contributed by atoms with Crippen molar-refractivity contribution >= 4 is 58.6 Å². The second-order valence-electron chi connectivity index (χ2n) is 4.61. The van der Waals surface area contributed by atoms with Gasteiger partial charge in [0, 0.05) is 0 Å². The summed E-state index contributed by atoms with van der Waals surface area (Å²) in [6.07, 6.45) is 1.37. The van der Waals surface area contributed by atoms with Gasteiger partial charge in [-0.3, -0.25) is 4.79 Å². The third kappa shape index (κ3) is 4.39. The molecule has 7 nitrogen and oxygen atoms in total. The number of hydrazone groups is 1. The van der Waals surface area contributed by atoms with E-state index in [1.807, 2.05) is 0 Å². The van der Waals surface area contributed by atoms with E-state index in [0.717, 1.165) is 0 Å². The Kier molecular flexibility index (Phi) is 6.19. The number of carbonyl (C=O) groups is 2. The molecular formula is C15H11Cl3N4O3. The smallest absolute Gasteiger partial charge is 0.337 e. The summed E-state index contributed by atoms with van der Waals surface area (Å²) in [5.41, 5.74) is 8.68. The van der Waals surface area contributed by atoms with Crippen LogP contribution in [0.2, 0.25) is 15.2 Å². The molecule has 0 aliphatic rings. The van der Waals surface area contributed by atoms with Crippen LogP contribution in [0.4, 0.5) is 5.69 Å². The van der Waals surface area contributed by atoms with E-state index < -0.39 is 11.9 Å². The van der Waals surface area contributed by atoms with Crippen molar-refractivity contribution in [2.75, 3.05) is 12.8 Å². The largest absolute Gasteiger partial charge is 0.465 e. The molecule has 0 fully saturated rings. The maximum Gasteiger partial charge on any atom is 0.337 e. The van der Waals surface area contributed by atoms with E-state index in [-0.39, 0.29) is 26.6 Å². The van der Waals surface area contributed by atoms with Gasteiger partial charge in [0.25, 0.3) is 5.91 Å². The standard InChI is InChI=1S/C15H11Cl3N4O3/c1-25-15(24)8-4-2-7(3-5-8)6-20-22-14(23)12-9(16)11(19)10(17)13(18)21-12/h2-6H,1H3,(H2,19,21)(H,22,23). The Labute approximate surface area is 157 Å². The number of nitrogen functional groups attached to an aromatic ring is 1. The van der Waals surface area contributed by atoms with Crippen molar-refractivity contribution in [3.05, 3.63) is 56.3 Å². The molecule has 0 bridgehead atoms. The minimum Gasteiger partial charge on any atom is -0.465 e. The molecule has 0 radical (unpaired) electrons. The Balaban J connectivity index is 2.10. The molecule has 2 rings (SSSR count). The number of nitrogens with two attached hydrogens (primary N) is 1. The summed E-state index contributed by atoms with van der Waals surface area (Å²) in [5.74, 6) is -1.16. The van der Waals surface area contributed by atoms with Gasteiger partial charge < -0.3 is 10.5 Å². The minimum atomic E-state index is -0.710. The van der Waals surface area contributed by atoms with Gasteiger partial charge in [0.2, 0.25) is 0 Å². The molecule has 0 atom stereocenters. The van der Waals surface area contributed by atoms with E-state index >= 15 is 0 Å². The monoisotopic (exact) mass is 400 g/mol. The number of nitrogens with one attached hydrogen (secondary N) is 1. The third-order valence-electron chi connectivity index (χ3n) is 3.00. The lowest BCUT2D eigenvalue weighted by molar-refractivity contribution is 0.0600. The zero-order valence-corrected chi connectivity index (χ0v) is 15.0. The van der Waals surface area contributed by atoms with Crippen LogP contribution in [-0.4, -0.2) is 30.2 Å². The number of halogens is 3. The summed E-state index contributed by atoms with van der Waals surface area (Å²) in [5, 5.41) is 3.49. The second-order valence-corrected chi connectivity index (χ2v) is 5.72. The van der Waals surface area contributed by atoms with Crippen molar-refractivity contribution in [2.24, 2.45) is 5.10 Å². The van der Waals surface area contributed by atoms with Gasteiger partial charge in [-0.25, -0.2) is 15.2 Å². The van der Waals surface area contributed by atoms with Crippen molar-refractivity contribution in [2.45, 2.75) is 0 Å². The van der Waals surface area contributed by atoms with Gasteiger partial charge in [-0.15, -0.1) is 0 Å². The number of esters is 1. The van der Waals surface area contributed by atoms with Gasteiger partial charge in [0.15, 0.2) is 10.8 Å².